The molecule has 3 aromatic rings. The Morgan fingerprint density at radius 3 is 2.85 bits per heavy atom. The van der Waals surface area contributed by atoms with E-state index in [4.69, 9.17) is 14.2 Å². The number of carbonyl (C=O) groups excluding carboxylic acids is 1. The van der Waals surface area contributed by atoms with E-state index in [1.807, 2.05) is 6.07 Å². The van der Waals surface area contributed by atoms with Crippen LogP contribution in [-0.2, 0) is 9.53 Å². The van der Waals surface area contributed by atoms with Crippen molar-refractivity contribution in [3.8, 4) is 11.5 Å². The van der Waals surface area contributed by atoms with Gasteiger partial charge in [0.05, 0.1) is 22.4 Å². The van der Waals surface area contributed by atoms with Crippen molar-refractivity contribution in [2.75, 3.05) is 13.4 Å². The van der Waals surface area contributed by atoms with Crippen LogP contribution in [0.2, 0.25) is 0 Å². The molecule has 168 valence electrons. The number of nitrogens with zero attached hydrogens (tertiary/aromatic N) is 2. The van der Waals surface area contributed by atoms with Crippen LogP contribution in [0.5, 0.6) is 11.5 Å². The first kappa shape index (κ1) is 21.1. The van der Waals surface area contributed by atoms with Crippen molar-refractivity contribution in [2.24, 2.45) is 4.99 Å². The fourth-order valence-electron chi connectivity index (χ4n) is 3.94. The van der Waals surface area contributed by atoms with E-state index in [9.17, 15) is 14.0 Å². The van der Waals surface area contributed by atoms with Crippen molar-refractivity contribution in [1.29, 1.82) is 0 Å². The van der Waals surface area contributed by atoms with E-state index in [1.54, 1.807) is 50.3 Å². The van der Waals surface area contributed by atoms with E-state index in [1.165, 1.54) is 22.0 Å². The highest BCUT2D eigenvalue weighted by Gasteiger charge is 2.34. The lowest BCUT2D eigenvalue weighted by atomic mass is 9.95. The molecular weight excluding hydrogens is 447 g/mol. The minimum atomic E-state index is -0.986. The van der Waals surface area contributed by atoms with Crippen molar-refractivity contribution in [1.82, 2.24) is 4.57 Å². The molecule has 1 unspecified atom stereocenters. The number of aromatic nitrogens is 1. The Morgan fingerprint density at radius 2 is 2.06 bits per heavy atom. The minimum Gasteiger partial charge on any atom is -0.463 e. The molecule has 0 radical (unpaired) electrons. The maximum atomic E-state index is 14.9. The van der Waals surface area contributed by atoms with Crippen LogP contribution >= 0.6 is 11.3 Å². The zero-order valence-corrected chi connectivity index (χ0v) is 18.6. The van der Waals surface area contributed by atoms with E-state index in [0.29, 0.717) is 26.5 Å². The summed E-state index contributed by atoms with van der Waals surface area (Å²) in [5.41, 5.74) is 1.10. The van der Waals surface area contributed by atoms with Gasteiger partial charge in [0.25, 0.3) is 5.56 Å². The first-order chi connectivity index (χ1) is 16.0. The van der Waals surface area contributed by atoms with Gasteiger partial charge in [0.15, 0.2) is 16.3 Å². The first-order valence-electron chi connectivity index (χ1n) is 10.3. The minimum absolute atomic E-state index is 0.143. The molecule has 2 aliphatic heterocycles. The second kappa shape index (κ2) is 8.32. The molecule has 9 heteroatoms. The normalized spacial score (nSPS) is 17.1. The summed E-state index contributed by atoms with van der Waals surface area (Å²) in [7, 11) is 0. The number of rotatable bonds is 4. The molecule has 0 aliphatic carbocycles. The van der Waals surface area contributed by atoms with Crippen LogP contribution in [-0.4, -0.2) is 23.9 Å². The molecule has 2 aromatic carbocycles. The van der Waals surface area contributed by atoms with Crippen molar-refractivity contribution in [2.45, 2.75) is 19.9 Å². The van der Waals surface area contributed by atoms with Gasteiger partial charge in [-0.25, -0.2) is 14.2 Å². The van der Waals surface area contributed by atoms with Gasteiger partial charge in [-0.15, -0.1) is 0 Å². The van der Waals surface area contributed by atoms with E-state index in [-0.39, 0.29) is 30.1 Å². The van der Waals surface area contributed by atoms with Crippen molar-refractivity contribution in [3.05, 3.63) is 90.4 Å². The number of esters is 1. The van der Waals surface area contributed by atoms with Gasteiger partial charge in [-0.2, -0.15) is 0 Å². The summed E-state index contributed by atoms with van der Waals surface area (Å²) in [5.74, 6) is 0.0884. The van der Waals surface area contributed by atoms with E-state index < -0.39 is 17.8 Å². The van der Waals surface area contributed by atoms with Crippen LogP contribution in [0.15, 0.2) is 63.5 Å². The third-order valence-electron chi connectivity index (χ3n) is 5.41. The molecule has 0 bridgehead atoms. The number of hydrogen-bond donors (Lipinski definition) is 0. The molecular formula is C24H19FN2O5S. The Morgan fingerprint density at radius 1 is 1.27 bits per heavy atom. The van der Waals surface area contributed by atoms with Gasteiger partial charge in [-0.3, -0.25) is 9.36 Å². The fraction of sp³-hybridized carbons (Fsp3) is 0.208. The predicted octanol–water partition coefficient (Wildman–Crippen LogP) is 2.67. The average molecular weight is 466 g/mol. The SMILES string of the molecule is CCOC(=O)C1=C(C)N=c2s/c(=C\c3ccc4c(c3)OCO4)c(=O)n2C1c1ccccc1F. The molecule has 0 spiro atoms. The largest absolute Gasteiger partial charge is 0.463 e. The van der Waals surface area contributed by atoms with Crippen molar-refractivity contribution >= 4 is 23.4 Å². The monoisotopic (exact) mass is 466 g/mol. The van der Waals surface area contributed by atoms with Crippen LogP contribution in [0, 0.1) is 5.82 Å². The van der Waals surface area contributed by atoms with Gasteiger partial charge in [0.1, 0.15) is 11.9 Å². The zero-order valence-electron chi connectivity index (χ0n) is 17.8. The van der Waals surface area contributed by atoms with E-state index in [2.05, 4.69) is 4.99 Å². The second-order valence-electron chi connectivity index (χ2n) is 7.44. The third kappa shape index (κ3) is 3.64. The average Bonchev–Trinajstić information content (AvgIpc) is 3.37. The summed E-state index contributed by atoms with van der Waals surface area (Å²) in [6.07, 6.45) is 1.72. The van der Waals surface area contributed by atoms with Crippen molar-refractivity contribution < 1.29 is 23.4 Å². The highest BCUT2D eigenvalue weighted by atomic mass is 32.1. The number of ether oxygens (including phenoxy) is 3. The van der Waals surface area contributed by atoms with Gasteiger partial charge < -0.3 is 14.2 Å². The van der Waals surface area contributed by atoms with E-state index >= 15 is 0 Å². The molecule has 33 heavy (non-hydrogen) atoms. The Kier molecular flexibility index (Phi) is 5.33. The summed E-state index contributed by atoms with van der Waals surface area (Å²) in [4.78, 5) is 31.2. The van der Waals surface area contributed by atoms with Crippen LogP contribution in [0.25, 0.3) is 6.08 Å². The molecule has 1 aromatic heterocycles. The third-order valence-corrected chi connectivity index (χ3v) is 6.39. The van der Waals surface area contributed by atoms with Crippen LogP contribution in [0.4, 0.5) is 4.39 Å². The molecule has 7 nitrogen and oxygen atoms in total. The molecule has 0 amide bonds. The lowest BCUT2D eigenvalue weighted by Gasteiger charge is -2.24. The standard InChI is InChI=1S/C24H19FN2O5S/c1-3-30-23(29)20-13(2)26-24-27(21(20)15-6-4-5-7-16(15)25)22(28)19(33-24)11-14-8-9-17-18(10-14)32-12-31-17/h4-11,21H,3,12H2,1-2H3/b19-11-. The van der Waals surface area contributed by atoms with Gasteiger partial charge in [-0.1, -0.05) is 35.6 Å². The number of carbonyl (C=O) groups is 1. The lowest BCUT2D eigenvalue weighted by molar-refractivity contribution is -0.139. The van der Waals surface area contributed by atoms with Gasteiger partial charge >= 0.3 is 5.97 Å². The number of halogens is 1. The molecule has 0 saturated carbocycles. The highest BCUT2D eigenvalue weighted by molar-refractivity contribution is 7.07. The highest BCUT2D eigenvalue weighted by Crippen LogP contribution is 2.33. The topological polar surface area (TPSA) is 79.1 Å². The molecule has 0 N–H and O–H groups in total. The van der Waals surface area contributed by atoms with Gasteiger partial charge in [0, 0.05) is 5.56 Å². The summed E-state index contributed by atoms with van der Waals surface area (Å²) in [6.45, 7) is 3.65. The first-order valence-corrected chi connectivity index (χ1v) is 11.1. The molecule has 3 heterocycles. The number of allylic oxidation sites excluding steroid dienone is 1. The molecule has 0 saturated heterocycles. The molecule has 1 atom stereocenters. The number of fused-ring (bicyclic) bond motifs is 2. The smallest absolute Gasteiger partial charge is 0.338 e. The molecule has 5 rings (SSSR count). The Hall–Kier alpha value is -3.72. The Labute approximate surface area is 191 Å². The quantitative estimate of drug-likeness (QED) is 0.553. The van der Waals surface area contributed by atoms with Gasteiger partial charge in [-0.05, 0) is 43.7 Å². The summed E-state index contributed by atoms with van der Waals surface area (Å²) < 4.78 is 32.6. The zero-order chi connectivity index (χ0) is 23.1. The van der Waals surface area contributed by atoms with E-state index in [0.717, 1.165) is 5.56 Å². The van der Waals surface area contributed by atoms with Crippen LogP contribution in [0.3, 0.4) is 0 Å². The number of benzene rings is 2. The Bertz CT molecular complexity index is 1490. The van der Waals surface area contributed by atoms with Gasteiger partial charge in [0.2, 0.25) is 6.79 Å². The maximum Gasteiger partial charge on any atom is 0.338 e. The number of thiazole rings is 1. The van der Waals surface area contributed by atoms with Crippen molar-refractivity contribution in [3.63, 3.8) is 0 Å². The fourth-order valence-corrected chi connectivity index (χ4v) is 4.98. The summed E-state index contributed by atoms with van der Waals surface area (Å²) in [6, 6.07) is 10.5. The maximum absolute atomic E-state index is 14.9. The number of hydrogen-bond acceptors (Lipinski definition) is 7. The van der Waals surface area contributed by atoms with Crippen LogP contribution < -0.4 is 24.4 Å². The molecule has 0 fully saturated rings. The Balaban J connectivity index is 1.71. The summed E-state index contributed by atoms with van der Waals surface area (Å²) in [5, 5.41) is 0. The predicted molar refractivity (Wildman–Crippen MR) is 119 cm³/mol. The second-order valence-corrected chi connectivity index (χ2v) is 8.45. The summed E-state index contributed by atoms with van der Waals surface area (Å²) >= 11 is 1.17. The molecule has 2 aliphatic rings. The van der Waals surface area contributed by atoms with Crippen LogP contribution in [0.1, 0.15) is 31.0 Å². The lowest BCUT2D eigenvalue weighted by Crippen LogP contribution is -2.40.